The maximum absolute atomic E-state index is 12.3. The third-order valence-electron chi connectivity index (χ3n) is 3.51. The first-order valence-corrected chi connectivity index (χ1v) is 8.59. The van der Waals surface area contributed by atoms with Crippen LogP contribution in [0.3, 0.4) is 0 Å². The summed E-state index contributed by atoms with van der Waals surface area (Å²) in [4.78, 5) is 24.9. The summed E-state index contributed by atoms with van der Waals surface area (Å²) in [5.41, 5.74) is 0. The van der Waals surface area contributed by atoms with E-state index in [9.17, 15) is 9.59 Å². The molecule has 0 saturated carbocycles. The Balaban J connectivity index is 1.74. The highest BCUT2D eigenvalue weighted by Gasteiger charge is 2.28. The van der Waals surface area contributed by atoms with Crippen LogP contribution in [0.1, 0.15) is 19.3 Å². The topological polar surface area (TPSA) is 66.8 Å². The third-order valence-corrected chi connectivity index (χ3v) is 4.60. The number of amides is 1. The van der Waals surface area contributed by atoms with Gasteiger partial charge in [0.1, 0.15) is 5.75 Å². The van der Waals surface area contributed by atoms with Crippen molar-refractivity contribution in [3.63, 3.8) is 0 Å². The fourth-order valence-corrected chi connectivity index (χ4v) is 3.49. The van der Waals surface area contributed by atoms with Gasteiger partial charge < -0.3 is 14.7 Å². The SMILES string of the molecule is O=C(O)CC1CSCCN1C(=O)CCCOc1ccccc1. The molecule has 1 saturated heterocycles. The van der Waals surface area contributed by atoms with Gasteiger partial charge in [0.15, 0.2) is 0 Å². The number of rotatable bonds is 7. The molecule has 1 amide bonds. The maximum atomic E-state index is 12.3. The van der Waals surface area contributed by atoms with Crippen LogP contribution in [0.25, 0.3) is 0 Å². The van der Waals surface area contributed by atoms with Crippen molar-refractivity contribution in [3.05, 3.63) is 30.3 Å². The van der Waals surface area contributed by atoms with Gasteiger partial charge in [0.05, 0.1) is 19.1 Å². The van der Waals surface area contributed by atoms with Crippen molar-refractivity contribution in [1.29, 1.82) is 0 Å². The lowest BCUT2D eigenvalue weighted by Crippen LogP contribution is -2.47. The van der Waals surface area contributed by atoms with Gasteiger partial charge in [0, 0.05) is 24.5 Å². The highest BCUT2D eigenvalue weighted by molar-refractivity contribution is 7.99. The minimum absolute atomic E-state index is 0.0270. The molecule has 120 valence electrons. The number of thioether (sulfide) groups is 1. The first-order chi connectivity index (χ1) is 10.7. The lowest BCUT2D eigenvalue weighted by Gasteiger charge is -2.34. The van der Waals surface area contributed by atoms with Crippen LogP contribution in [0.2, 0.25) is 0 Å². The number of para-hydroxylation sites is 1. The van der Waals surface area contributed by atoms with Gasteiger partial charge in [-0.1, -0.05) is 18.2 Å². The molecule has 1 aliphatic heterocycles. The largest absolute Gasteiger partial charge is 0.494 e. The van der Waals surface area contributed by atoms with Crippen molar-refractivity contribution in [2.24, 2.45) is 0 Å². The van der Waals surface area contributed by atoms with Crippen LogP contribution in [0.4, 0.5) is 0 Å². The normalized spacial score (nSPS) is 18.0. The van der Waals surface area contributed by atoms with Gasteiger partial charge >= 0.3 is 5.97 Å². The van der Waals surface area contributed by atoms with E-state index in [0.717, 1.165) is 11.5 Å². The predicted molar refractivity (Wildman–Crippen MR) is 86.2 cm³/mol. The molecule has 0 bridgehead atoms. The van der Waals surface area contributed by atoms with Crippen LogP contribution in [0.15, 0.2) is 30.3 Å². The summed E-state index contributed by atoms with van der Waals surface area (Å²) < 4.78 is 5.57. The average molecular weight is 323 g/mol. The molecule has 1 N–H and O–H groups in total. The van der Waals surface area contributed by atoms with Gasteiger partial charge in [0.2, 0.25) is 5.91 Å². The Hall–Kier alpha value is -1.69. The van der Waals surface area contributed by atoms with Gasteiger partial charge in [-0.3, -0.25) is 9.59 Å². The first kappa shape index (κ1) is 16.7. The van der Waals surface area contributed by atoms with Gasteiger partial charge in [-0.25, -0.2) is 0 Å². The Morgan fingerprint density at radius 1 is 1.32 bits per heavy atom. The molecule has 1 atom stereocenters. The summed E-state index contributed by atoms with van der Waals surface area (Å²) in [6, 6.07) is 9.32. The van der Waals surface area contributed by atoms with Gasteiger partial charge in [-0.05, 0) is 18.6 Å². The van der Waals surface area contributed by atoms with E-state index >= 15 is 0 Å². The highest BCUT2D eigenvalue weighted by atomic mass is 32.2. The molecule has 22 heavy (non-hydrogen) atoms. The van der Waals surface area contributed by atoms with Crippen LogP contribution in [-0.2, 0) is 9.59 Å². The smallest absolute Gasteiger partial charge is 0.305 e. The summed E-state index contributed by atoms with van der Waals surface area (Å²) in [6.45, 7) is 1.13. The minimum Gasteiger partial charge on any atom is -0.494 e. The quantitative estimate of drug-likeness (QED) is 0.780. The Morgan fingerprint density at radius 2 is 2.09 bits per heavy atom. The second-order valence-electron chi connectivity index (χ2n) is 5.18. The molecular weight excluding hydrogens is 302 g/mol. The number of hydrogen-bond acceptors (Lipinski definition) is 4. The highest BCUT2D eigenvalue weighted by Crippen LogP contribution is 2.20. The standard InChI is InChI=1S/C16H21NO4S/c18-15(7-4-9-21-14-5-2-1-3-6-14)17-8-10-22-12-13(17)11-16(19)20/h1-3,5-6,13H,4,7-12H2,(H,19,20). The Bertz CT molecular complexity index is 494. The fraction of sp³-hybridized carbons (Fsp3) is 0.500. The molecule has 5 nitrogen and oxygen atoms in total. The zero-order chi connectivity index (χ0) is 15.8. The average Bonchev–Trinajstić information content (AvgIpc) is 2.52. The lowest BCUT2D eigenvalue weighted by atomic mass is 10.1. The lowest BCUT2D eigenvalue weighted by molar-refractivity contribution is -0.140. The molecule has 0 aliphatic carbocycles. The number of carbonyl (C=O) groups is 2. The van der Waals surface area contributed by atoms with Crippen molar-refractivity contribution in [1.82, 2.24) is 4.90 Å². The van der Waals surface area contributed by atoms with Crippen LogP contribution < -0.4 is 4.74 Å². The molecular formula is C16H21NO4S. The fourth-order valence-electron chi connectivity index (χ4n) is 2.43. The number of carbonyl (C=O) groups excluding carboxylic acids is 1. The van der Waals surface area contributed by atoms with Crippen LogP contribution in [-0.4, -0.2) is 52.6 Å². The van der Waals surface area contributed by atoms with E-state index in [-0.39, 0.29) is 18.4 Å². The summed E-state index contributed by atoms with van der Waals surface area (Å²) in [5, 5.41) is 8.94. The molecule has 1 aromatic carbocycles. The molecule has 2 rings (SSSR count). The first-order valence-electron chi connectivity index (χ1n) is 7.43. The number of benzene rings is 1. The summed E-state index contributed by atoms with van der Waals surface area (Å²) in [7, 11) is 0. The summed E-state index contributed by atoms with van der Waals surface area (Å²) in [5.74, 6) is 1.56. The van der Waals surface area contributed by atoms with E-state index in [1.807, 2.05) is 30.3 Å². The van der Waals surface area contributed by atoms with Crippen LogP contribution >= 0.6 is 11.8 Å². The third kappa shape index (κ3) is 5.26. The molecule has 6 heteroatoms. The van der Waals surface area contributed by atoms with E-state index in [1.165, 1.54) is 0 Å². The van der Waals surface area contributed by atoms with Crippen LogP contribution in [0.5, 0.6) is 5.75 Å². The van der Waals surface area contributed by atoms with E-state index in [0.29, 0.717) is 31.7 Å². The Labute approximate surface area is 134 Å². The molecule has 1 unspecified atom stereocenters. The van der Waals surface area contributed by atoms with E-state index in [1.54, 1.807) is 16.7 Å². The van der Waals surface area contributed by atoms with E-state index in [2.05, 4.69) is 0 Å². The Kier molecular flexibility index (Phi) is 6.58. The van der Waals surface area contributed by atoms with Crippen molar-refractivity contribution in [2.45, 2.75) is 25.3 Å². The molecule has 0 aromatic heterocycles. The van der Waals surface area contributed by atoms with Crippen molar-refractivity contribution in [2.75, 3.05) is 24.7 Å². The molecule has 1 fully saturated rings. The molecule has 0 radical (unpaired) electrons. The number of carboxylic acids is 1. The summed E-state index contributed by atoms with van der Waals surface area (Å²) >= 11 is 1.71. The van der Waals surface area contributed by atoms with E-state index < -0.39 is 5.97 Å². The van der Waals surface area contributed by atoms with Crippen molar-refractivity contribution < 1.29 is 19.4 Å². The minimum atomic E-state index is -0.849. The molecule has 0 spiro atoms. The van der Waals surface area contributed by atoms with Crippen LogP contribution in [0, 0.1) is 0 Å². The van der Waals surface area contributed by atoms with Crippen molar-refractivity contribution >= 4 is 23.6 Å². The summed E-state index contributed by atoms with van der Waals surface area (Å²) in [6.07, 6.45) is 1.06. The van der Waals surface area contributed by atoms with E-state index in [4.69, 9.17) is 9.84 Å². The molecule has 1 heterocycles. The Morgan fingerprint density at radius 3 is 2.82 bits per heavy atom. The monoisotopic (exact) mass is 323 g/mol. The second kappa shape index (κ2) is 8.68. The zero-order valence-electron chi connectivity index (χ0n) is 12.4. The molecule has 1 aliphatic rings. The number of nitrogens with zero attached hydrogens (tertiary/aromatic N) is 1. The second-order valence-corrected chi connectivity index (χ2v) is 6.33. The predicted octanol–water partition coefficient (Wildman–Crippen LogP) is 2.26. The number of hydrogen-bond donors (Lipinski definition) is 1. The van der Waals surface area contributed by atoms with Crippen molar-refractivity contribution in [3.8, 4) is 5.75 Å². The van der Waals surface area contributed by atoms with Gasteiger partial charge in [-0.15, -0.1) is 0 Å². The number of aliphatic carboxylic acids is 1. The maximum Gasteiger partial charge on any atom is 0.305 e. The van der Waals surface area contributed by atoms with Gasteiger partial charge in [-0.2, -0.15) is 11.8 Å². The number of ether oxygens (including phenoxy) is 1. The van der Waals surface area contributed by atoms with Gasteiger partial charge in [0.25, 0.3) is 0 Å². The number of carboxylic acid groups (broad SMARTS) is 1. The molecule has 1 aromatic rings. The zero-order valence-corrected chi connectivity index (χ0v) is 13.3.